The quantitative estimate of drug-likeness (QED) is 0.514. The van der Waals surface area contributed by atoms with Gasteiger partial charge in [0.2, 0.25) is 0 Å². The maximum Gasteiger partial charge on any atom is 0.278 e. The summed E-state index contributed by atoms with van der Waals surface area (Å²) in [5.74, 6) is -0.133. The molecule has 26 heavy (non-hydrogen) atoms. The molecule has 3 heteroatoms. The van der Waals surface area contributed by atoms with Crippen molar-refractivity contribution in [2.75, 3.05) is 0 Å². The van der Waals surface area contributed by atoms with Crippen LogP contribution in [0.4, 0.5) is 0 Å². The Hall–Kier alpha value is -3.46. The summed E-state index contributed by atoms with van der Waals surface area (Å²) in [4.78, 5) is 13.1. The lowest BCUT2D eigenvalue weighted by Crippen LogP contribution is -2.15. The first-order chi connectivity index (χ1) is 12.7. The molecule has 0 bridgehead atoms. The lowest BCUT2D eigenvalue weighted by molar-refractivity contribution is 0.0947. The third kappa shape index (κ3) is 3.07. The van der Waals surface area contributed by atoms with E-state index in [1.165, 1.54) is 4.68 Å². The van der Waals surface area contributed by atoms with Crippen LogP contribution in [0.2, 0.25) is 0 Å². The van der Waals surface area contributed by atoms with Crippen LogP contribution in [0.25, 0.3) is 22.5 Å². The van der Waals surface area contributed by atoms with Gasteiger partial charge in [-0.25, -0.2) is 0 Å². The average molecular weight is 338 g/mol. The summed E-state index contributed by atoms with van der Waals surface area (Å²) in [6, 6.07) is 29.3. The first-order valence-electron chi connectivity index (χ1n) is 8.55. The van der Waals surface area contributed by atoms with E-state index >= 15 is 0 Å². The second-order valence-corrected chi connectivity index (χ2v) is 6.23. The van der Waals surface area contributed by atoms with Gasteiger partial charge in [0.05, 0.1) is 11.4 Å². The van der Waals surface area contributed by atoms with E-state index in [1.54, 1.807) is 0 Å². The number of hydrogen-bond donors (Lipinski definition) is 0. The summed E-state index contributed by atoms with van der Waals surface area (Å²) in [5.41, 5.74) is 5.26. The number of benzene rings is 3. The first-order valence-corrected chi connectivity index (χ1v) is 8.55. The van der Waals surface area contributed by atoms with Crippen LogP contribution in [0.1, 0.15) is 15.9 Å². The Kier molecular flexibility index (Phi) is 4.20. The zero-order valence-corrected chi connectivity index (χ0v) is 14.5. The van der Waals surface area contributed by atoms with Crippen LogP contribution < -0.4 is 0 Å². The van der Waals surface area contributed by atoms with E-state index in [2.05, 4.69) is 5.10 Å². The van der Waals surface area contributed by atoms with Gasteiger partial charge in [0.1, 0.15) is 0 Å². The molecule has 4 rings (SSSR count). The molecular weight excluding hydrogens is 320 g/mol. The second kappa shape index (κ2) is 6.81. The lowest BCUT2D eigenvalue weighted by atomic mass is 10.1. The number of rotatable bonds is 3. The van der Waals surface area contributed by atoms with Crippen molar-refractivity contribution >= 4 is 5.91 Å². The van der Waals surface area contributed by atoms with Crippen LogP contribution in [0.5, 0.6) is 0 Å². The summed E-state index contributed by atoms with van der Waals surface area (Å²) < 4.78 is 1.50. The van der Waals surface area contributed by atoms with Gasteiger partial charge < -0.3 is 0 Å². The number of carbonyl (C=O) groups is 1. The van der Waals surface area contributed by atoms with Crippen molar-refractivity contribution in [2.45, 2.75) is 6.92 Å². The molecule has 0 aliphatic rings. The number of carbonyl (C=O) groups excluding carboxylic acids is 1. The van der Waals surface area contributed by atoms with Gasteiger partial charge in [-0.3, -0.25) is 4.79 Å². The van der Waals surface area contributed by atoms with Gasteiger partial charge in [-0.05, 0) is 25.1 Å². The molecule has 0 saturated heterocycles. The Morgan fingerprint density at radius 1 is 0.769 bits per heavy atom. The third-order valence-corrected chi connectivity index (χ3v) is 4.34. The molecule has 3 nitrogen and oxygen atoms in total. The van der Waals surface area contributed by atoms with E-state index in [4.69, 9.17) is 0 Å². The highest BCUT2D eigenvalue weighted by Crippen LogP contribution is 2.26. The van der Waals surface area contributed by atoms with Gasteiger partial charge in [0.25, 0.3) is 5.91 Å². The molecule has 0 saturated carbocycles. The minimum absolute atomic E-state index is 0.133. The van der Waals surface area contributed by atoms with Crippen molar-refractivity contribution in [1.29, 1.82) is 0 Å². The fraction of sp³-hybridized carbons (Fsp3) is 0.0435. The zero-order valence-electron chi connectivity index (χ0n) is 14.5. The molecule has 0 fully saturated rings. The minimum atomic E-state index is -0.133. The van der Waals surface area contributed by atoms with Crippen LogP contribution in [0.3, 0.4) is 0 Å². The van der Waals surface area contributed by atoms with Crippen LogP contribution in [-0.4, -0.2) is 15.7 Å². The van der Waals surface area contributed by atoms with Gasteiger partial charge in [-0.1, -0.05) is 78.4 Å². The monoisotopic (exact) mass is 338 g/mol. The first kappa shape index (κ1) is 16.0. The van der Waals surface area contributed by atoms with Crippen LogP contribution in [-0.2, 0) is 0 Å². The molecule has 0 atom stereocenters. The fourth-order valence-corrected chi connectivity index (χ4v) is 2.92. The van der Waals surface area contributed by atoms with E-state index in [-0.39, 0.29) is 5.91 Å². The highest BCUT2D eigenvalue weighted by Gasteiger charge is 2.18. The Balaban J connectivity index is 1.85. The molecule has 0 aliphatic heterocycles. The maximum absolute atomic E-state index is 13.1. The van der Waals surface area contributed by atoms with Gasteiger partial charge in [-0.15, -0.1) is 0 Å². The van der Waals surface area contributed by atoms with Crippen molar-refractivity contribution < 1.29 is 4.79 Å². The predicted octanol–water partition coefficient (Wildman–Crippen LogP) is 5.21. The highest BCUT2D eigenvalue weighted by molar-refractivity contribution is 5.98. The van der Waals surface area contributed by atoms with Gasteiger partial charge in [-0.2, -0.15) is 9.78 Å². The maximum atomic E-state index is 13.1. The Morgan fingerprint density at radius 3 is 1.96 bits per heavy atom. The Labute approximate surface area is 152 Å². The molecule has 3 aromatic carbocycles. The average Bonchev–Trinajstić information content (AvgIpc) is 3.15. The SMILES string of the molecule is Cc1ccc(C(=O)n2nc(-c3ccccc3)cc2-c2ccccc2)cc1. The summed E-state index contributed by atoms with van der Waals surface area (Å²) in [6.45, 7) is 2.01. The molecule has 4 aromatic rings. The van der Waals surface area contributed by atoms with Crippen molar-refractivity contribution in [3.05, 3.63) is 102 Å². The normalized spacial score (nSPS) is 10.7. The fourth-order valence-electron chi connectivity index (χ4n) is 2.92. The van der Waals surface area contributed by atoms with Crippen LogP contribution in [0.15, 0.2) is 91.0 Å². The van der Waals surface area contributed by atoms with Crippen molar-refractivity contribution in [2.24, 2.45) is 0 Å². The molecule has 126 valence electrons. The zero-order chi connectivity index (χ0) is 17.9. The summed E-state index contributed by atoms with van der Waals surface area (Å²) in [7, 11) is 0. The van der Waals surface area contributed by atoms with Crippen molar-refractivity contribution in [3.8, 4) is 22.5 Å². The number of nitrogens with zero attached hydrogens (tertiary/aromatic N) is 2. The summed E-state index contributed by atoms with van der Waals surface area (Å²) >= 11 is 0. The Bertz CT molecular complexity index is 1030. The molecule has 0 radical (unpaired) electrons. The summed E-state index contributed by atoms with van der Waals surface area (Å²) in [6.07, 6.45) is 0. The van der Waals surface area contributed by atoms with E-state index in [1.807, 2.05) is 97.9 Å². The van der Waals surface area contributed by atoms with Crippen molar-refractivity contribution in [3.63, 3.8) is 0 Å². The summed E-state index contributed by atoms with van der Waals surface area (Å²) in [5, 5.41) is 4.62. The van der Waals surface area contributed by atoms with E-state index in [0.717, 1.165) is 28.1 Å². The lowest BCUT2D eigenvalue weighted by Gasteiger charge is -2.06. The number of aryl methyl sites for hydroxylation is 1. The molecule has 0 spiro atoms. The Morgan fingerprint density at radius 2 is 1.35 bits per heavy atom. The standard InChI is InChI=1S/C23H18N2O/c1-17-12-14-20(15-13-17)23(26)25-22(19-10-6-3-7-11-19)16-21(24-25)18-8-4-2-5-9-18/h2-16H,1H3. The van der Waals surface area contributed by atoms with Crippen LogP contribution in [0, 0.1) is 6.92 Å². The molecule has 0 unspecified atom stereocenters. The number of aromatic nitrogens is 2. The van der Waals surface area contributed by atoms with E-state index < -0.39 is 0 Å². The van der Waals surface area contributed by atoms with E-state index in [0.29, 0.717) is 5.56 Å². The number of hydrogen-bond acceptors (Lipinski definition) is 2. The van der Waals surface area contributed by atoms with E-state index in [9.17, 15) is 4.79 Å². The molecule has 0 amide bonds. The third-order valence-electron chi connectivity index (χ3n) is 4.34. The molecule has 1 aromatic heterocycles. The largest absolute Gasteiger partial charge is 0.278 e. The smallest absolute Gasteiger partial charge is 0.267 e. The molecule has 0 aliphatic carbocycles. The molecular formula is C23H18N2O. The molecule has 1 heterocycles. The predicted molar refractivity (Wildman–Crippen MR) is 104 cm³/mol. The second-order valence-electron chi connectivity index (χ2n) is 6.23. The van der Waals surface area contributed by atoms with Gasteiger partial charge in [0, 0.05) is 16.7 Å². The van der Waals surface area contributed by atoms with Crippen molar-refractivity contribution in [1.82, 2.24) is 9.78 Å². The molecule has 0 N–H and O–H groups in total. The van der Waals surface area contributed by atoms with Gasteiger partial charge in [0.15, 0.2) is 0 Å². The highest BCUT2D eigenvalue weighted by atomic mass is 16.2. The minimum Gasteiger partial charge on any atom is -0.267 e. The topological polar surface area (TPSA) is 34.9 Å². The van der Waals surface area contributed by atoms with Gasteiger partial charge >= 0.3 is 0 Å². The van der Waals surface area contributed by atoms with Crippen LogP contribution >= 0.6 is 0 Å².